The van der Waals surface area contributed by atoms with E-state index in [1.165, 1.54) is 11.3 Å². The molecule has 0 unspecified atom stereocenters. The van der Waals surface area contributed by atoms with Crippen molar-refractivity contribution < 1.29 is 4.52 Å². The highest BCUT2D eigenvalue weighted by Gasteiger charge is 2.48. The molecular weight excluding hydrogens is 623 g/mol. The second-order valence-electron chi connectivity index (χ2n) is 13.8. The number of aryl methyl sites for hydroxylation is 1. The summed E-state index contributed by atoms with van der Waals surface area (Å²) in [7, 11) is 4.21. The Kier molecular flexibility index (Phi) is 7.41. The molecule has 1 saturated heterocycles. The summed E-state index contributed by atoms with van der Waals surface area (Å²) in [6, 6.07) is 6.65. The Morgan fingerprint density at radius 3 is 2.73 bits per heavy atom. The quantitative estimate of drug-likeness (QED) is 0.226. The predicted octanol–water partition coefficient (Wildman–Crippen LogP) is 5.79. The molecule has 0 saturated carbocycles. The van der Waals surface area contributed by atoms with Crippen LogP contribution in [0, 0.1) is 11.3 Å². The van der Waals surface area contributed by atoms with Gasteiger partial charge in [-0.3, -0.25) is 0 Å². The number of nitrogens with two attached hydrogens (primary N) is 2. The zero-order valence-electron chi connectivity index (χ0n) is 27.9. The first-order valence-corrected chi connectivity index (χ1v) is 17.7. The molecule has 1 aliphatic heterocycles. The summed E-state index contributed by atoms with van der Waals surface area (Å²) >= 11 is 1.55. The van der Waals surface area contributed by atoms with E-state index in [0.717, 1.165) is 90.7 Å². The fourth-order valence-electron chi connectivity index (χ4n) is 8.69. The molecule has 5 aromatic rings. The minimum atomic E-state index is -0.401. The molecule has 0 radical (unpaired) electrons. The minimum Gasteiger partial charge on any atom is -0.389 e. The van der Waals surface area contributed by atoms with Crippen LogP contribution in [0.1, 0.15) is 97.3 Å². The van der Waals surface area contributed by atoms with Gasteiger partial charge >= 0.3 is 0 Å². The SMILES string of the molecule is C[C@@H](c1cccnc1N)N(C)c1nc(-c2onc3c2CCC[C@@]32CCCc3sc(N)c(C#N)c32)nc2c1cnn2[C@@H](C)[C@@H]1CCCN1C. The van der Waals surface area contributed by atoms with Crippen LogP contribution in [0.15, 0.2) is 29.0 Å². The lowest BCUT2D eigenvalue weighted by Gasteiger charge is -2.39. The molecule has 0 bridgehead atoms. The third kappa shape index (κ3) is 4.53. The number of aromatic nitrogens is 6. The first kappa shape index (κ1) is 30.8. The van der Waals surface area contributed by atoms with Crippen LogP contribution in [-0.4, -0.2) is 61.5 Å². The van der Waals surface area contributed by atoms with Crippen molar-refractivity contribution in [3.05, 3.63) is 57.4 Å². The molecule has 48 heavy (non-hydrogen) atoms. The summed E-state index contributed by atoms with van der Waals surface area (Å²) in [5.41, 5.74) is 17.6. The van der Waals surface area contributed by atoms with Gasteiger partial charge in [0.25, 0.3) is 0 Å². The molecule has 8 rings (SSSR count). The topological polar surface area (TPSA) is 165 Å². The van der Waals surface area contributed by atoms with Crippen molar-refractivity contribution >= 4 is 39.0 Å². The van der Waals surface area contributed by atoms with E-state index in [-0.39, 0.29) is 12.1 Å². The van der Waals surface area contributed by atoms with E-state index >= 15 is 0 Å². The molecule has 3 aliphatic rings. The number of rotatable bonds is 6. The third-order valence-electron chi connectivity index (χ3n) is 11.3. The Morgan fingerprint density at radius 2 is 1.98 bits per heavy atom. The van der Waals surface area contributed by atoms with Crippen LogP contribution in [0.3, 0.4) is 0 Å². The molecule has 2 aliphatic carbocycles. The molecule has 0 amide bonds. The van der Waals surface area contributed by atoms with Crippen LogP contribution in [-0.2, 0) is 18.3 Å². The normalized spacial score (nSPS) is 22.0. The monoisotopic (exact) mass is 663 g/mol. The number of hydrogen-bond acceptors (Lipinski definition) is 12. The Balaban J connectivity index is 1.30. The van der Waals surface area contributed by atoms with E-state index in [1.54, 1.807) is 17.5 Å². The van der Waals surface area contributed by atoms with E-state index in [2.05, 4.69) is 46.4 Å². The van der Waals surface area contributed by atoms with Crippen molar-refractivity contribution in [3.8, 4) is 17.7 Å². The van der Waals surface area contributed by atoms with Gasteiger partial charge in [-0.2, -0.15) is 10.4 Å². The number of fused-ring (bicyclic) bond motifs is 5. The first-order chi connectivity index (χ1) is 23.2. The maximum absolute atomic E-state index is 10.2. The van der Waals surface area contributed by atoms with Gasteiger partial charge in [0.2, 0.25) is 11.6 Å². The van der Waals surface area contributed by atoms with Crippen LogP contribution in [0.4, 0.5) is 16.6 Å². The van der Waals surface area contributed by atoms with Gasteiger partial charge in [-0.05, 0) is 90.4 Å². The Hall–Kier alpha value is -4.54. The fourth-order valence-corrected chi connectivity index (χ4v) is 9.86. The summed E-state index contributed by atoms with van der Waals surface area (Å²) < 4.78 is 8.35. The zero-order chi connectivity index (χ0) is 33.3. The van der Waals surface area contributed by atoms with Crippen molar-refractivity contribution in [1.82, 2.24) is 34.8 Å². The van der Waals surface area contributed by atoms with Crippen molar-refractivity contribution in [3.63, 3.8) is 0 Å². The van der Waals surface area contributed by atoms with Crippen molar-refractivity contribution in [2.24, 2.45) is 0 Å². The lowest BCUT2D eigenvalue weighted by Crippen LogP contribution is -2.36. The van der Waals surface area contributed by atoms with E-state index < -0.39 is 5.41 Å². The zero-order valence-corrected chi connectivity index (χ0v) is 28.7. The summed E-state index contributed by atoms with van der Waals surface area (Å²) in [5, 5.41) is 21.3. The molecule has 1 fully saturated rings. The van der Waals surface area contributed by atoms with Gasteiger partial charge in [0, 0.05) is 40.7 Å². The number of likely N-dealkylation sites (tertiary alicyclic amines) is 1. The van der Waals surface area contributed by atoms with Gasteiger partial charge in [0.05, 0.1) is 34.9 Å². The number of nitrogen functional groups attached to an aromatic ring is 2. The lowest BCUT2D eigenvalue weighted by molar-refractivity contribution is 0.232. The van der Waals surface area contributed by atoms with E-state index in [4.69, 9.17) is 36.2 Å². The van der Waals surface area contributed by atoms with Crippen LogP contribution >= 0.6 is 11.3 Å². The lowest BCUT2D eigenvalue weighted by atomic mass is 9.62. The molecule has 4 N–H and O–H groups in total. The summed E-state index contributed by atoms with van der Waals surface area (Å²) in [4.78, 5) is 20.5. The average molecular weight is 664 g/mol. The fraction of sp³-hybridized carbons (Fsp3) is 0.486. The standard InChI is InChI=1S/C35H41N11OS/c1-19(21-10-7-15-39-30(21)37)45(4)33-24-18-40-46(20(2)25-11-8-16-44(25)3)34(24)42-32(41-33)28-22-9-5-13-35(29(22)43-47-28)14-6-12-26-27(35)23(17-36)31(38)48-26/h7,10,15,18-20,25H,5-6,8-9,11-14,16,38H2,1-4H3,(H2,37,39)/t19-,20-,25-,35-/m0/s1. The smallest absolute Gasteiger partial charge is 0.207 e. The Bertz CT molecular complexity index is 2070. The van der Waals surface area contributed by atoms with Gasteiger partial charge in [0.1, 0.15) is 22.7 Å². The van der Waals surface area contributed by atoms with Gasteiger partial charge in [-0.15, -0.1) is 11.3 Å². The Labute approximate surface area is 283 Å². The number of likely N-dealkylation sites (N-methyl/N-ethyl adjacent to an activating group) is 1. The number of hydrogen-bond donors (Lipinski definition) is 2. The molecule has 248 valence electrons. The average Bonchev–Trinajstić information content (AvgIpc) is 3.89. The number of thiophene rings is 1. The number of nitriles is 1. The van der Waals surface area contributed by atoms with Crippen LogP contribution in [0.5, 0.6) is 0 Å². The molecular formula is C35H41N11OS. The number of nitrogens with zero attached hydrogens (tertiary/aromatic N) is 9. The van der Waals surface area contributed by atoms with Gasteiger partial charge in [-0.25, -0.2) is 19.6 Å². The van der Waals surface area contributed by atoms with Gasteiger partial charge in [-0.1, -0.05) is 11.2 Å². The molecule has 0 aromatic carbocycles. The summed E-state index contributed by atoms with van der Waals surface area (Å²) in [6.07, 6.45) is 11.4. The van der Waals surface area contributed by atoms with Gasteiger partial charge < -0.3 is 25.8 Å². The highest BCUT2D eigenvalue weighted by Crippen LogP contribution is 2.55. The predicted molar refractivity (Wildman–Crippen MR) is 187 cm³/mol. The maximum Gasteiger partial charge on any atom is 0.207 e. The molecule has 1 spiro atoms. The molecule has 12 nitrogen and oxygen atoms in total. The second kappa shape index (κ2) is 11.6. The van der Waals surface area contributed by atoms with Crippen molar-refractivity contribution in [2.45, 2.75) is 88.8 Å². The van der Waals surface area contributed by atoms with Crippen LogP contribution in [0.2, 0.25) is 0 Å². The number of anilines is 3. The third-order valence-corrected chi connectivity index (χ3v) is 12.3. The highest BCUT2D eigenvalue weighted by atomic mass is 32.1. The highest BCUT2D eigenvalue weighted by molar-refractivity contribution is 7.16. The number of pyridine rings is 1. The summed E-state index contributed by atoms with van der Waals surface area (Å²) in [6.45, 7) is 5.40. The summed E-state index contributed by atoms with van der Waals surface area (Å²) in [5.74, 6) is 2.29. The van der Waals surface area contributed by atoms with Crippen molar-refractivity contribution in [2.75, 3.05) is 37.0 Å². The first-order valence-electron chi connectivity index (χ1n) is 16.9. The van der Waals surface area contributed by atoms with Gasteiger partial charge in [0.15, 0.2) is 5.65 Å². The minimum absolute atomic E-state index is 0.100. The van der Waals surface area contributed by atoms with Crippen LogP contribution < -0.4 is 16.4 Å². The van der Waals surface area contributed by atoms with E-state index in [0.29, 0.717) is 34.0 Å². The van der Waals surface area contributed by atoms with E-state index in [9.17, 15) is 5.26 Å². The molecule has 13 heteroatoms. The Morgan fingerprint density at radius 1 is 1.17 bits per heavy atom. The maximum atomic E-state index is 10.2. The largest absolute Gasteiger partial charge is 0.389 e. The van der Waals surface area contributed by atoms with Crippen molar-refractivity contribution in [1.29, 1.82) is 5.26 Å². The molecule has 5 aromatic heterocycles. The second-order valence-corrected chi connectivity index (χ2v) is 14.9. The van der Waals surface area contributed by atoms with Crippen LogP contribution in [0.25, 0.3) is 22.6 Å². The molecule has 6 heterocycles. The molecule has 4 atom stereocenters. The van der Waals surface area contributed by atoms with E-state index in [1.807, 2.05) is 25.4 Å².